The number of ketones is 1. The van der Waals surface area contributed by atoms with Crippen LogP contribution in [0.15, 0.2) is 48.5 Å². The molecule has 2 aliphatic carbocycles. The molecule has 4 N–H and O–H groups in total. The molecule has 7 rings (SSSR count). The van der Waals surface area contributed by atoms with Crippen molar-refractivity contribution in [3.8, 4) is 11.1 Å². The molecule has 3 amide bonds. The van der Waals surface area contributed by atoms with Crippen LogP contribution in [0.25, 0.3) is 22.2 Å². The average molecular weight is 736 g/mol. The summed E-state index contributed by atoms with van der Waals surface area (Å²) in [5, 5.41) is 8.69. The minimum atomic E-state index is -0.636. The Morgan fingerprint density at radius 1 is 1.00 bits per heavy atom. The molecule has 4 aromatic rings. The van der Waals surface area contributed by atoms with Crippen LogP contribution in [0.5, 0.6) is 0 Å². The van der Waals surface area contributed by atoms with Crippen LogP contribution in [0.4, 0.5) is 20.6 Å². The lowest BCUT2D eigenvalue weighted by molar-refractivity contribution is -0.129. The molecule has 3 aliphatic rings. The largest absolute Gasteiger partial charge is 0.444 e. The minimum Gasteiger partial charge on any atom is -0.444 e. The fourth-order valence-corrected chi connectivity index (χ4v) is 7.94. The molecule has 1 atom stereocenters. The third-order valence-electron chi connectivity index (χ3n) is 11.3. The average Bonchev–Trinajstić information content (AvgIpc) is 3.69. The highest BCUT2D eigenvalue weighted by molar-refractivity contribution is 6.01. The molecule has 284 valence electrons. The number of H-pyrrole nitrogens is 1. The van der Waals surface area contributed by atoms with Crippen molar-refractivity contribution in [1.29, 1.82) is 0 Å². The van der Waals surface area contributed by atoms with Crippen molar-refractivity contribution >= 4 is 46.1 Å². The third-order valence-corrected chi connectivity index (χ3v) is 11.3. The fourth-order valence-electron chi connectivity index (χ4n) is 7.94. The Kier molecular flexibility index (Phi) is 10.6. The lowest BCUT2D eigenvalue weighted by Gasteiger charge is -2.29. The van der Waals surface area contributed by atoms with Crippen molar-refractivity contribution in [2.45, 2.75) is 103 Å². The van der Waals surface area contributed by atoms with Crippen LogP contribution in [-0.2, 0) is 32.0 Å². The van der Waals surface area contributed by atoms with Gasteiger partial charge in [0.1, 0.15) is 22.7 Å². The zero-order valence-electron chi connectivity index (χ0n) is 31.6. The molecule has 10 nitrogen and oxygen atoms in total. The monoisotopic (exact) mass is 735 g/mol. The van der Waals surface area contributed by atoms with E-state index in [1.165, 1.54) is 6.42 Å². The van der Waals surface area contributed by atoms with Crippen molar-refractivity contribution in [3.63, 3.8) is 0 Å². The summed E-state index contributed by atoms with van der Waals surface area (Å²) in [7, 11) is 0. The van der Waals surface area contributed by atoms with Gasteiger partial charge in [-0.25, -0.2) is 14.2 Å². The summed E-state index contributed by atoms with van der Waals surface area (Å²) < 4.78 is 20.9. The van der Waals surface area contributed by atoms with Crippen molar-refractivity contribution in [2.75, 3.05) is 17.2 Å². The van der Waals surface area contributed by atoms with E-state index in [2.05, 4.69) is 25.9 Å². The van der Waals surface area contributed by atoms with Gasteiger partial charge in [-0.2, -0.15) is 0 Å². The number of halogens is 1. The standard InChI is InChI=1S/C43H50FN5O5/c1-24-33(22-35-39(38(24)44)49-40(48-35)29-6-5-7-29)27-12-8-25(9-13-27)18-31(41(52)46-32-17-16-30-20-37(51)47-34(30)21-32)19-36(50)28-14-10-26(11-15-28)23-45-42(53)54-43(2,3)4/h8-9,12-13,16-17,21-22,26,28-29,31H,5-7,10-11,14-15,18-20,23H2,1-4H3,(H,45,53)(H,46,52)(H,47,51)(H,48,49)/t26?,28?,31-/m1/s1. The smallest absolute Gasteiger partial charge is 0.407 e. The molecular weight excluding hydrogens is 686 g/mol. The number of ether oxygens (including phenoxy) is 1. The van der Waals surface area contributed by atoms with E-state index in [9.17, 15) is 19.2 Å². The van der Waals surface area contributed by atoms with Gasteiger partial charge in [0, 0.05) is 42.1 Å². The van der Waals surface area contributed by atoms with Gasteiger partial charge in [0.25, 0.3) is 0 Å². The van der Waals surface area contributed by atoms with Crippen LogP contribution in [-0.4, -0.2) is 45.8 Å². The van der Waals surface area contributed by atoms with Crippen LogP contribution in [0.2, 0.25) is 0 Å². The lowest BCUT2D eigenvalue weighted by atomic mass is 9.77. The maximum Gasteiger partial charge on any atom is 0.407 e. The molecule has 0 unspecified atom stereocenters. The highest BCUT2D eigenvalue weighted by Crippen LogP contribution is 2.38. The maximum absolute atomic E-state index is 15.6. The number of aromatic nitrogens is 2. The van der Waals surface area contributed by atoms with Gasteiger partial charge in [-0.3, -0.25) is 14.4 Å². The van der Waals surface area contributed by atoms with E-state index in [1.807, 2.05) is 57.2 Å². The number of hydrogen-bond donors (Lipinski definition) is 4. The van der Waals surface area contributed by atoms with E-state index in [1.54, 1.807) is 19.1 Å². The number of amides is 3. The molecule has 11 heteroatoms. The second-order valence-electron chi connectivity index (χ2n) is 16.5. The predicted octanol–water partition coefficient (Wildman–Crippen LogP) is 8.53. The summed E-state index contributed by atoms with van der Waals surface area (Å²) in [4.78, 5) is 59.7. The number of fused-ring (bicyclic) bond motifs is 2. The van der Waals surface area contributed by atoms with Crippen LogP contribution in [0.3, 0.4) is 0 Å². The van der Waals surface area contributed by atoms with E-state index < -0.39 is 17.6 Å². The Hall–Kier alpha value is -5.06. The number of imidazole rings is 1. The third kappa shape index (κ3) is 8.50. The van der Waals surface area contributed by atoms with Crippen molar-refractivity contribution < 1.29 is 28.3 Å². The first-order valence-electron chi connectivity index (χ1n) is 19.3. The van der Waals surface area contributed by atoms with Crippen molar-refractivity contribution in [1.82, 2.24) is 15.3 Å². The molecule has 0 saturated heterocycles. The topological polar surface area (TPSA) is 142 Å². The Labute approximate surface area is 315 Å². The van der Waals surface area contributed by atoms with Crippen molar-refractivity contribution in [3.05, 3.63) is 76.9 Å². The summed E-state index contributed by atoms with van der Waals surface area (Å²) in [6.07, 6.45) is 6.61. The summed E-state index contributed by atoms with van der Waals surface area (Å²) in [5.74, 6) is 0.0787. The van der Waals surface area contributed by atoms with E-state index in [0.29, 0.717) is 66.1 Å². The highest BCUT2D eigenvalue weighted by atomic mass is 19.1. The molecule has 2 saturated carbocycles. The Morgan fingerprint density at radius 2 is 1.74 bits per heavy atom. The van der Waals surface area contributed by atoms with Gasteiger partial charge in [0.15, 0.2) is 5.82 Å². The molecular formula is C43H50FN5O5. The van der Waals surface area contributed by atoms with E-state index in [4.69, 9.17) is 4.74 Å². The second-order valence-corrected chi connectivity index (χ2v) is 16.5. The number of nitrogens with zero attached hydrogens (tertiary/aromatic N) is 1. The van der Waals surface area contributed by atoms with Crippen LogP contribution >= 0.6 is 0 Å². The Morgan fingerprint density at radius 3 is 2.43 bits per heavy atom. The van der Waals surface area contributed by atoms with Crippen LogP contribution < -0.4 is 16.0 Å². The fraction of sp³-hybridized carbons (Fsp3) is 0.465. The number of Topliss-reactive ketones (excluding diaryl/α,β-unsaturated/α-hetero) is 1. The second kappa shape index (κ2) is 15.4. The lowest BCUT2D eigenvalue weighted by Crippen LogP contribution is -2.37. The normalized spacial score (nSPS) is 19.1. The number of nitrogens with one attached hydrogen (secondary N) is 4. The summed E-state index contributed by atoms with van der Waals surface area (Å²) in [6.45, 7) is 7.76. The zero-order valence-corrected chi connectivity index (χ0v) is 31.6. The SMILES string of the molecule is Cc1c(-c2ccc(C[C@H](CC(=O)C3CCC(CNC(=O)OC(C)(C)C)CC3)C(=O)Nc3ccc4c(c3)NC(=O)C4)cc2)cc2[nH]c(C3CCC3)nc2c1F. The van der Waals surface area contributed by atoms with Gasteiger partial charge < -0.3 is 25.7 Å². The first kappa shape index (κ1) is 37.3. The number of benzene rings is 3. The molecule has 3 aromatic carbocycles. The minimum absolute atomic E-state index is 0.0618. The molecule has 0 radical (unpaired) electrons. The molecule has 54 heavy (non-hydrogen) atoms. The first-order chi connectivity index (χ1) is 25.8. The van der Waals surface area contributed by atoms with E-state index in [-0.39, 0.29) is 41.7 Å². The van der Waals surface area contributed by atoms with Crippen LogP contribution in [0, 0.1) is 30.5 Å². The quantitative estimate of drug-likeness (QED) is 0.122. The van der Waals surface area contributed by atoms with Gasteiger partial charge in [-0.05, 0) is 125 Å². The van der Waals surface area contributed by atoms with E-state index in [0.717, 1.165) is 53.8 Å². The molecule has 0 bridgehead atoms. The summed E-state index contributed by atoms with van der Waals surface area (Å²) >= 11 is 0. The number of rotatable bonds is 11. The molecule has 2 fully saturated rings. The number of alkyl carbamates (subject to hydrolysis) is 1. The molecule has 2 heterocycles. The number of carbonyl (C=O) groups is 4. The van der Waals surface area contributed by atoms with Crippen LogP contribution in [0.1, 0.15) is 101 Å². The first-order valence-corrected chi connectivity index (χ1v) is 19.3. The summed E-state index contributed by atoms with van der Waals surface area (Å²) in [6, 6.07) is 15.1. The van der Waals surface area contributed by atoms with E-state index >= 15 is 4.39 Å². The highest BCUT2D eigenvalue weighted by Gasteiger charge is 2.31. The number of anilines is 2. The van der Waals surface area contributed by atoms with Gasteiger partial charge in [-0.1, -0.05) is 36.8 Å². The Balaban J connectivity index is 1.04. The van der Waals surface area contributed by atoms with Gasteiger partial charge in [0.05, 0.1) is 11.9 Å². The molecule has 1 aliphatic heterocycles. The summed E-state index contributed by atoms with van der Waals surface area (Å²) in [5.41, 5.74) is 5.66. The zero-order chi connectivity index (χ0) is 38.1. The van der Waals surface area contributed by atoms with Crippen molar-refractivity contribution in [2.24, 2.45) is 17.8 Å². The van der Waals surface area contributed by atoms with Gasteiger partial charge in [0.2, 0.25) is 11.8 Å². The predicted molar refractivity (Wildman–Crippen MR) is 207 cm³/mol. The van der Waals surface area contributed by atoms with Gasteiger partial charge >= 0.3 is 6.09 Å². The maximum atomic E-state index is 15.6. The number of aromatic amines is 1. The molecule has 0 spiro atoms. The Bertz CT molecular complexity index is 2070. The van der Waals surface area contributed by atoms with Gasteiger partial charge in [-0.15, -0.1) is 0 Å². The number of carbonyl (C=O) groups excluding carboxylic acids is 4. The molecule has 1 aromatic heterocycles. The number of hydrogen-bond acceptors (Lipinski definition) is 6.